The number of rotatable bonds is 3. The second kappa shape index (κ2) is 4.95. The van der Waals surface area contributed by atoms with Crippen molar-refractivity contribution < 1.29 is 4.39 Å². The van der Waals surface area contributed by atoms with Crippen molar-refractivity contribution in [3.8, 4) is 0 Å². The van der Waals surface area contributed by atoms with Gasteiger partial charge in [-0.1, -0.05) is 31.5 Å². The molecule has 1 fully saturated rings. The van der Waals surface area contributed by atoms with E-state index < -0.39 is 0 Å². The molecular formula is C14H19ClFN. The molecule has 0 aliphatic heterocycles. The number of nitrogens with one attached hydrogen (secondary N) is 1. The minimum atomic E-state index is -0.220. The Morgan fingerprint density at radius 2 is 2.24 bits per heavy atom. The van der Waals surface area contributed by atoms with Crippen LogP contribution in [0.1, 0.15) is 38.7 Å². The van der Waals surface area contributed by atoms with E-state index >= 15 is 0 Å². The van der Waals surface area contributed by atoms with Crippen molar-refractivity contribution in [2.24, 2.45) is 5.41 Å². The standard InChI is InChI=1S/C14H19ClFN/c1-14(2)7-6-10(8-14)17-9-11-12(15)4-3-5-13(11)16/h3-5,10,17H,6-9H2,1-2H3. The molecule has 1 unspecified atom stereocenters. The molecule has 0 radical (unpaired) electrons. The Morgan fingerprint density at radius 3 is 2.82 bits per heavy atom. The summed E-state index contributed by atoms with van der Waals surface area (Å²) in [6.45, 7) is 5.09. The van der Waals surface area contributed by atoms with Crippen LogP contribution in [-0.2, 0) is 6.54 Å². The maximum atomic E-state index is 13.6. The average Bonchev–Trinajstić information content (AvgIpc) is 2.57. The highest BCUT2D eigenvalue weighted by Gasteiger charge is 2.30. The van der Waals surface area contributed by atoms with Gasteiger partial charge >= 0.3 is 0 Å². The van der Waals surface area contributed by atoms with Gasteiger partial charge in [-0.05, 0) is 36.8 Å². The lowest BCUT2D eigenvalue weighted by Crippen LogP contribution is -2.27. The summed E-state index contributed by atoms with van der Waals surface area (Å²) < 4.78 is 13.6. The SMILES string of the molecule is CC1(C)CCC(NCc2c(F)cccc2Cl)C1. The molecule has 1 aromatic carbocycles. The van der Waals surface area contributed by atoms with Gasteiger partial charge in [-0.3, -0.25) is 0 Å². The highest BCUT2D eigenvalue weighted by molar-refractivity contribution is 6.31. The van der Waals surface area contributed by atoms with E-state index in [-0.39, 0.29) is 5.82 Å². The van der Waals surface area contributed by atoms with Crippen LogP contribution in [0.2, 0.25) is 5.02 Å². The number of benzene rings is 1. The van der Waals surface area contributed by atoms with Crippen molar-refractivity contribution in [3.05, 3.63) is 34.6 Å². The van der Waals surface area contributed by atoms with Crippen molar-refractivity contribution in [2.45, 2.75) is 45.7 Å². The lowest BCUT2D eigenvalue weighted by atomic mass is 9.92. The summed E-state index contributed by atoms with van der Waals surface area (Å²) in [6, 6.07) is 5.32. The molecule has 0 bridgehead atoms. The van der Waals surface area contributed by atoms with Gasteiger partial charge in [-0.25, -0.2) is 4.39 Å². The third-order valence-electron chi connectivity index (χ3n) is 3.60. The molecule has 1 aromatic rings. The van der Waals surface area contributed by atoms with E-state index in [1.807, 2.05) is 0 Å². The van der Waals surface area contributed by atoms with Crippen LogP contribution in [-0.4, -0.2) is 6.04 Å². The van der Waals surface area contributed by atoms with Crippen LogP contribution in [0.25, 0.3) is 0 Å². The Labute approximate surface area is 107 Å². The molecule has 1 N–H and O–H groups in total. The van der Waals surface area contributed by atoms with E-state index in [0.29, 0.717) is 28.6 Å². The van der Waals surface area contributed by atoms with Crippen molar-refractivity contribution >= 4 is 11.6 Å². The normalized spacial score (nSPS) is 22.9. The summed E-state index contributed by atoms with van der Waals surface area (Å²) in [5, 5.41) is 3.92. The molecule has 0 aromatic heterocycles. The monoisotopic (exact) mass is 255 g/mol. The first-order valence-corrected chi connectivity index (χ1v) is 6.52. The van der Waals surface area contributed by atoms with Crippen LogP contribution >= 0.6 is 11.6 Å². The zero-order valence-corrected chi connectivity index (χ0v) is 11.1. The van der Waals surface area contributed by atoms with Crippen LogP contribution in [0.4, 0.5) is 4.39 Å². The van der Waals surface area contributed by atoms with Crippen LogP contribution in [0.5, 0.6) is 0 Å². The Bertz CT molecular complexity index is 383. The summed E-state index contributed by atoms with van der Waals surface area (Å²) in [5.74, 6) is -0.220. The summed E-state index contributed by atoms with van der Waals surface area (Å²) in [5.41, 5.74) is 0.996. The van der Waals surface area contributed by atoms with Gasteiger partial charge in [0.25, 0.3) is 0 Å². The molecule has 17 heavy (non-hydrogen) atoms. The number of hydrogen-bond donors (Lipinski definition) is 1. The van der Waals surface area contributed by atoms with Crippen molar-refractivity contribution in [1.29, 1.82) is 0 Å². The predicted molar refractivity (Wildman–Crippen MR) is 69.7 cm³/mol. The zero-order chi connectivity index (χ0) is 12.5. The second-order valence-electron chi connectivity index (χ2n) is 5.69. The van der Waals surface area contributed by atoms with Crippen LogP contribution in [0.3, 0.4) is 0 Å². The smallest absolute Gasteiger partial charge is 0.129 e. The molecule has 1 nitrogen and oxygen atoms in total. The molecule has 1 atom stereocenters. The molecule has 0 heterocycles. The molecule has 1 aliphatic rings. The highest BCUT2D eigenvalue weighted by atomic mass is 35.5. The molecule has 0 saturated heterocycles. The first-order valence-electron chi connectivity index (χ1n) is 6.14. The summed E-state index contributed by atoms with van der Waals surface area (Å²) >= 11 is 5.99. The van der Waals surface area contributed by atoms with E-state index in [0.717, 1.165) is 6.42 Å². The Morgan fingerprint density at radius 1 is 1.47 bits per heavy atom. The van der Waals surface area contributed by atoms with Crippen molar-refractivity contribution in [2.75, 3.05) is 0 Å². The maximum Gasteiger partial charge on any atom is 0.129 e. The molecule has 1 saturated carbocycles. The van der Waals surface area contributed by atoms with Gasteiger partial charge in [0.2, 0.25) is 0 Å². The molecular weight excluding hydrogens is 237 g/mol. The largest absolute Gasteiger partial charge is 0.310 e. The number of halogens is 2. The van der Waals surface area contributed by atoms with Gasteiger partial charge in [0, 0.05) is 23.2 Å². The first-order chi connectivity index (χ1) is 7.98. The van der Waals surface area contributed by atoms with Crippen molar-refractivity contribution in [3.63, 3.8) is 0 Å². The maximum absolute atomic E-state index is 13.6. The van der Waals surface area contributed by atoms with Crippen LogP contribution in [0.15, 0.2) is 18.2 Å². The van der Waals surface area contributed by atoms with Gasteiger partial charge in [0.15, 0.2) is 0 Å². The molecule has 2 rings (SSSR count). The van der Waals surface area contributed by atoms with Gasteiger partial charge < -0.3 is 5.32 Å². The van der Waals surface area contributed by atoms with Gasteiger partial charge in [0.05, 0.1) is 0 Å². The minimum absolute atomic E-state index is 0.220. The van der Waals surface area contributed by atoms with E-state index in [9.17, 15) is 4.39 Å². The summed E-state index contributed by atoms with van der Waals surface area (Å²) in [6.07, 6.45) is 3.55. The summed E-state index contributed by atoms with van der Waals surface area (Å²) in [7, 11) is 0. The second-order valence-corrected chi connectivity index (χ2v) is 6.09. The van der Waals surface area contributed by atoms with Gasteiger partial charge in [-0.2, -0.15) is 0 Å². The van der Waals surface area contributed by atoms with Crippen LogP contribution < -0.4 is 5.32 Å². The van der Waals surface area contributed by atoms with Gasteiger partial charge in [-0.15, -0.1) is 0 Å². The predicted octanol–water partition coefficient (Wildman–Crippen LogP) is 4.15. The summed E-state index contributed by atoms with van der Waals surface area (Å²) in [4.78, 5) is 0. The average molecular weight is 256 g/mol. The highest BCUT2D eigenvalue weighted by Crippen LogP contribution is 2.37. The van der Waals surface area contributed by atoms with Gasteiger partial charge in [0.1, 0.15) is 5.82 Å². The first kappa shape index (κ1) is 12.8. The fourth-order valence-corrected chi connectivity index (χ4v) is 2.79. The molecule has 1 aliphatic carbocycles. The quantitative estimate of drug-likeness (QED) is 0.856. The Hall–Kier alpha value is -0.600. The lowest BCUT2D eigenvalue weighted by molar-refractivity contribution is 0.363. The topological polar surface area (TPSA) is 12.0 Å². The number of hydrogen-bond acceptors (Lipinski definition) is 1. The van der Waals surface area contributed by atoms with Crippen molar-refractivity contribution in [1.82, 2.24) is 5.32 Å². The molecule has 0 spiro atoms. The lowest BCUT2D eigenvalue weighted by Gasteiger charge is -2.18. The fraction of sp³-hybridized carbons (Fsp3) is 0.571. The van der Waals surface area contributed by atoms with E-state index in [1.54, 1.807) is 12.1 Å². The van der Waals surface area contributed by atoms with E-state index in [1.165, 1.54) is 18.9 Å². The molecule has 94 valence electrons. The molecule has 3 heteroatoms. The van der Waals surface area contributed by atoms with Crippen LogP contribution in [0, 0.1) is 11.2 Å². The van der Waals surface area contributed by atoms with E-state index in [2.05, 4.69) is 19.2 Å². The zero-order valence-electron chi connectivity index (χ0n) is 10.4. The molecule has 0 amide bonds. The Balaban J connectivity index is 1.95. The minimum Gasteiger partial charge on any atom is -0.310 e. The van der Waals surface area contributed by atoms with E-state index in [4.69, 9.17) is 11.6 Å². The fourth-order valence-electron chi connectivity index (χ4n) is 2.56. The Kier molecular flexibility index (Phi) is 3.74. The third kappa shape index (κ3) is 3.20. The third-order valence-corrected chi connectivity index (χ3v) is 3.95.